The zero-order valence-electron chi connectivity index (χ0n) is 11.8. The number of benzene rings is 2. The predicted octanol–water partition coefficient (Wildman–Crippen LogP) is 3.23. The highest BCUT2D eigenvalue weighted by Gasteiger charge is 2.29. The maximum absolute atomic E-state index is 11.8. The van der Waals surface area contributed by atoms with E-state index < -0.39 is 0 Å². The van der Waals surface area contributed by atoms with Gasteiger partial charge in [0, 0.05) is 29.5 Å². The average molecular weight is 281 g/mol. The van der Waals surface area contributed by atoms with Gasteiger partial charge in [0.15, 0.2) is 0 Å². The molecule has 3 rings (SSSR count). The Labute approximate surface area is 124 Å². The monoisotopic (exact) mass is 281 g/mol. The summed E-state index contributed by atoms with van der Waals surface area (Å²) >= 11 is 0. The standard InChI is InChI=1S/C17H19N3O/c18-16-7-2-1-4-13(16)11-19-14-5-3-6-15(10-14)20-17(21)12-8-9-12/h1-7,10,12,19H,8-9,11,18H2,(H,20,21). The van der Waals surface area contributed by atoms with Gasteiger partial charge < -0.3 is 16.4 Å². The van der Waals surface area contributed by atoms with Gasteiger partial charge in [-0.15, -0.1) is 0 Å². The Hall–Kier alpha value is -2.49. The van der Waals surface area contributed by atoms with Crippen LogP contribution in [0.3, 0.4) is 0 Å². The summed E-state index contributed by atoms with van der Waals surface area (Å²) in [5.41, 5.74) is 9.56. The van der Waals surface area contributed by atoms with Crippen LogP contribution in [0.2, 0.25) is 0 Å². The van der Waals surface area contributed by atoms with Crippen LogP contribution in [0.5, 0.6) is 0 Å². The third kappa shape index (κ3) is 3.54. The van der Waals surface area contributed by atoms with Crippen LogP contribution in [0, 0.1) is 5.92 Å². The minimum atomic E-state index is 0.124. The molecule has 108 valence electrons. The highest BCUT2D eigenvalue weighted by atomic mass is 16.2. The number of nitrogens with one attached hydrogen (secondary N) is 2. The fraction of sp³-hybridized carbons (Fsp3) is 0.235. The summed E-state index contributed by atoms with van der Waals surface area (Å²) in [6.07, 6.45) is 2.02. The first-order valence-corrected chi connectivity index (χ1v) is 7.20. The molecule has 0 bridgehead atoms. The van der Waals surface area contributed by atoms with Crippen molar-refractivity contribution >= 4 is 23.0 Å². The first-order valence-electron chi connectivity index (χ1n) is 7.20. The van der Waals surface area contributed by atoms with Gasteiger partial charge in [0.2, 0.25) is 5.91 Å². The number of nitrogens with two attached hydrogens (primary N) is 1. The molecule has 1 aliphatic carbocycles. The summed E-state index contributed by atoms with van der Waals surface area (Å²) < 4.78 is 0. The Morgan fingerprint density at radius 2 is 1.86 bits per heavy atom. The molecule has 0 aliphatic heterocycles. The van der Waals surface area contributed by atoms with Crippen molar-refractivity contribution < 1.29 is 4.79 Å². The number of amides is 1. The van der Waals surface area contributed by atoms with Gasteiger partial charge in [-0.1, -0.05) is 24.3 Å². The number of hydrogen-bond donors (Lipinski definition) is 3. The van der Waals surface area contributed by atoms with E-state index in [0.29, 0.717) is 6.54 Å². The Bertz CT molecular complexity index is 650. The highest BCUT2D eigenvalue weighted by Crippen LogP contribution is 2.30. The van der Waals surface area contributed by atoms with Gasteiger partial charge in [0.25, 0.3) is 0 Å². The van der Waals surface area contributed by atoms with Gasteiger partial charge in [-0.05, 0) is 42.7 Å². The van der Waals surface area contributed by atoms with Crippen molar-refractivity contribution in [2.45, 2.75) is 19.4 Å². The number of anilines is 3. The van der Waals surface area contributed by atoms with Crippen molar-refractivity contribution in [3.63, 3.8) is 0 Å². The highest BCUT2D eigenvalue weighted by molar-refractivity contribution is 5.94. The maximum Gasteiger partial charge on any atom is 0.227 e. The molecule has 21 heavy (non-hydrogen) atoms. The first kappa shape index (κ1) is 13.5. The minimum Gasteiger partial charge on any atom is -0.398 e. The molecule has 2 aromatic rings. The van der Waals surface area contributed by atoms with Crippen molar-refractivity contribution in [2.75, 3.05) is 16.4 Å². The topological polar surface area (TPSA) is 67.2 Å². The van der Waals surface area contributed by atoms with Gasteiger partial charge in [-0.25, -0.2) is 0 Å². The van der Waals surface area contributed by atoms with E-state index in [1.807, 2.05) is 48.5 Å². The summed E-state index contributed by atoms with van der Waals surface area (Å²) in [5.74, 6) is 0.338. The molecule has 4 N–H and O–H groups in total. The van der Waals surface area contributed by atoms with Crippen LogP contribution in [-0.4, -0.2) is 5.91 Å². The summed E-state index contributed by atoms with van der Waals surface area (Å²) in [6, 6.07) is 15.5. The zero-order chi connectivity index (χ0) is 14.7. The van der Waals surface area contributed by atoms with Crippen molar-refractivity contribution in [2.24, 2.45) is 5.92 Å². The number of nitrogen functional groups attached to an aromatic ring is 1. The van der Waals surface area contributed by atoms with Crippen molar-refractivity contribution in [3.8, 4) is 0 Å². The Morgan fingerprint density at radius 3 is 2.62 bits per heavy atom. The SMILES string of the molecule is Nc1ccccc1CNc1cccc(NC(=O)C2CC2)c1. The van der Waals surface area contributed by atoms with Crippen molar-refractivity contribution in [1.82, 2.24) is 0 Å². The molecule has 0 heterocycles. The number of rotatable bonds is 5. The number of carbonyl (C=O) groups excluding carboxylic acids is 1. The minimum absolute atomic E-state index is 0.124. The largest absolute Gasteiger partial charge is 0.398 e. The molecule has 0 radical (unpaired) electrons. The lowest BCUT2D eigenvalue weighted by Crippen LogP contribution is -2.13. The second kappa shape index (κ2) is 5.87. The van der Waals surface area contributed by atoms with Gasteiger partial charge in [0.1, 0.15) is 0 Å². The van der Waals surface area contributed by atoms with Crippen LogP contribution >= 0.6 is 0 Å². The van der Waals surface area contributed by atoms with Gasteiger partial charge in [0.05, 0.1) is 0 Å². The lowest BCUT2D eigenvalue weighted by Gasteiger charge is -2.10. The quantitative estimate of drug-likeness (QED) is 0.737. The summed E-state index contributed by atoms with van der Waals surface area (Å²) in [7, 11) is 0. The van der Waals surface area contributed by atoms with Gasteiger partial charge in [-0.2, -0.15) is 0 Å². The second-order valence-corrected chi connectivity index (χ2v) is 5.40. The number of para-hydroxylation sites is 1. The predicted molar refractivity (Wildman–Crippen MR) is 86.0 cm³/mol. The molecular weight excluding hydrogens is 262 g/mol. The molecule has 0 atom stereocenters. The van der Waals surface area contributed by atoms with E-state index in [1.54, 1.807) is 0 Å². The van der Waals surface area contributed by atoms with Crippen LogP contribution in [-0.2, 0) is 11.3 Å². The van der Waals surface area contributed by atoms with E-state index >= 15 is 0 Å². The first-order chi connectivity index (χ1) is 10.2. The molecule has 2 aromatic carbocycles. The van der Waals surface area contributed by atoms with Crippen LogP contribution in [0.1, 0.15) is 18.4 Å². The molecule has 0 saturated heterocycles. The molecule has 1 aliphatic rings. The average Bonchev–Trinajstić information content (AvgIpc) is 3.31. The van der Waals surface area contributed by atoms with E-state index in [1.165, 1.54) is 0 Å². The lowest BCUT2D eigenvalue weighted by atomic mass is 10.2. The molecule has 1 fully saturated rings. The summed E-state index contributed by atoms with van der Waals surface area (Å²) in [5, 5.41) is 6.28. The summed E-state index contributed by atoms with van der Waals surface area (Å²) in [4.78, 5) is 11.8. The van der Waals surface area contributed by atoms with Crippen molar-refractivity contribution in [1.29, 1.82) is 0 Å². The van der Waals surface area contributed by atoms with Crippen molar-refractivity contribution in [3.05, 3.63) is 54.1 Å². The molecule has 0 spiro atoms. The van der Waals surface area contributed by atoms with Crippen LogP contribution in [0.15, 0.2) is 48.5 Å². The normalized spacial score (nSPS) is 13.7. The van der Waals surface area contributed by atoms with Crippen LogP contribution < -0.4 is 16.4 Å². The van der Waals surface area contributed by atoms with E-state index in [9.17, 15) is 4.79 Å². The molecule has 4 heteroatoms. The fourth-order valence-corrected chi connectivity index (χ4v) is 2.19. The Balaban J connectivity index is 1.63. The van der Waals surface area contributed by atoms with Crippen LogP contribution in [0.4, 0.5) is 17.1 Å². The van der Waals surface area contributed by atoms with Crippen LogP contribution in [0.25, 0.3) is 0 Å². The Morgan fingerprint density at radius 1 is 1.10 bits per heavy atom. The maximum atomic E-state index is 11.8. The smallest absolute Gasteiger partial charge is 0.227 e. The van der Waals surface area contributed by atoms with E-state index in [0.717, 1.165) is 35.5 Å². The van der Waals surface area contributed by atoms with Gasteiger partial charge >= 0.3 is 0 Å². The fourth-order valence-electron chi connectivity index (χ4n) is 2.19. The van der Waals surface area contributed by atoms with E-state index in [4.69, 9.17) is 5.73 Å². The zero-order valence-corrected chi connectivity index (χ0v) is 11.8. The molecular formula is C17H19N3O. The van der Waals surface area contributed by atoms with Gasteiger partial charge in [-0.3, -0.25) is 4.79 Å². The van der Waals surface area contributed by atoms with E-state index in [-0.39, 0.29) is 11.8 Å². The molecule has 1 amide bonds. The Kier molecular flexibility index (Phi) is 3.77. The number of hydrogen-bond acceptors (Lipinski definition) is 3. The third-order valence-electron chi connectivity index (χ3n) is 3.62. The molecule has 1 saturated carbocycles. The third-order valence-corrected chi connectivity index (χ3v) is 3.62. The molecule has 4 nitrogen and oxygen atoms in total. The summed E-state index contributed by atoms with van der Waals surface area (Å²) in [6.45, 7) is 0.659. The molecule has 0 aromatic heterocycles. The lowest BCUT2D eigenvalue weighted by molar-refractivity contribution is -0.117. The molecule has 0 unspecified atom stereocenters. The number of carbonyl (C=O) groups is 1. The second-order valence-electron chi connectivity index (χ2n) is 5.40. The van der Waals surface area contributed by atoms with E-state index in [2.05, 4.69) is 10.6 Å².